The average molecular weight is 210 g/mol. The van der Waals surface area contributed by atoms with Gasteiger partial charge in [-0.2, -0.15) is 0 Å². The van der Waals surface area contributed by atoms with E-state index in [1.165, 1.54) is 18.5 Å². The zero-order valence-electron chi connectivity index (χ0n) is 8.73. The second kappa shape index (κ2) is 5.31. The number of carbonyl (C=O) groups excluding carboxylic acids is 1. The quantitative estimate of drug-likeness (QED) is 0.730. The van der Waals surface area contributed by atoms with Crippen LogP contribution in [0.3, 0.4) is 0 Å². The molecule has 0 fully saturated rings. The first kappa shape index (κ1) is 11.5. The fourth-order valence-corrected chi connectivity index (χ4v) is 0.907. The summed E-state index contributed by atoms with van der Waals surface area (Å²) in [4.78, 5) is 20.0. The second-order valence-electron chi connectivity index (χ2n) is 3.53. The van der Waals surface area contributed by atoms with Crippen molar-refractivity contribution in [3.63, 3.8) is 0 Å². The van der Waals surface area contributed by atoms with Gasteiger partial charge >= 0.3 is 0 Å². The van der Waals surface area contributed by atoms with E-state index >= 15 is 0 Å². The van der Waals surface area contributed by atoms with E-state index in [1.807, 2.05) is 13.8 Å². The van der Waals surface area contributed by atoms with Crippen molar-refractivity contribution in [2.75, 3.05) is 6.61 Å². The predicted molar refractivity (Wildman–Crippen MR) is 54.2 cm³/mol. The Morgan fingerprint density at radius 2 is 2.40 bits per heavy atom. The van der Waals surface area contributed by atoms with Crippen molar-refractivity contribution >= 4 is 5.91 Å². The van der Waals surface area contributed by atoms with Gasteiger partial charge in [-0.1, -0.05) is 13.8 Å². The number of aromatic hydroxyl groups is 1. The molecule has 0 spiro atoms. The molecule has 0 aliphatic rings. The molecule has 0 saturated carbocycles. The van der Waals surface area contributed by atoms with Crippen LogP contribution in [0.15, 0.2) is 18.5 Å². The van der Waals surface area contributed by atoms with Gasteiger partial charge < -0.3 is 5.11 Å². The van der Waals surface area contributed by atoms with Crippen LogP contribution in [-0.4, -0.2) is 22.6 Å². The van der Waals surface area contributed by atoms with Crippen molar-refractivity contribution in [2.45, 2.75) is 13.8 Å². The van der Waals surface area contributed by atoms with Gasteiger partial charge in [0.15, 0.2) is 0 Å². The lowest BCUT2D eigenvalue weighted by atomic mass is 10.2. The molecule has 5 heteroatoms. The van der Waals surface area contributed by atoms with Crippen LogP contribution in [-0.2, 0) is 4.84 Å². The zero-order chi connectivity index (χ0) is 11.3. The molecule has 1 rings (SSSR count). The molecule has 0 bridgehead atoms. The number of rotatable bonds is 4. The van der Waals surface area contributed by atoms with Gasteiger partial charge in [-0.05, 0) is 12.0 Å². The first-order chi connectivity index (χ1) is 7.11. The van der Waals surface area contributed by atoms with Crippen molar-refractivity contribution in [1.29, 1.82) is 0 Å². The maximum Gasteiger partial charge on any atom is 0.278 e. The molecule has 0 aliphatic carbocycles. The van der Waals surface area contributed by atoms with Crippen LogP contribution < -0.4 is 5.48 Å². The second-order valence-corrected chi connectivity index (χ2v) is 3.53. The summed E-state index contributed by atoms with van der Waals surface area (Å²) in [6.45, 7) is 4.36. The molecule has 1 aromatic rings. The molecule has 0 unspecified atom stereocenters. The Kier molecular flexibility index (Phi) is 4.05. The standard InChI is InChI=1S/C10H14N2O3/c1-7(2)6-15-12-10(14)8-3-4-11-5-9(8)13/h3-5,7,13H,6H2,1-2H3,(H,12,14). The minimum Gasteiger partial charge on any atom is -0.505 e. The molecule has 1 aromatic heterocycles. The third kappa shape index (κ3) is 3.55. The molecule has 2 N–H and O–H groups in total. The van der Waals surface area contributed by atoms with Gasteiger partial charge in [-0.15, -0.1) is 0 Å². The summed E-state index contributed by atoms with van der Waals surface area (Å²) in [5, 5.41) is 9.31. The lowest BCUT2D eigenvalue weighted by molar-refractivity contribution is 0.0207. The van der Waals surface area contributed by atoms with Gasteiger partial charge in [-0.3, -0.25) is 14.6 Å². The highest BCUT2D eigenvalue weighted by molar-refractivity contribution is 5.95. The Morgan fingerprint density at radius 1 is 1.67 bits per heavy atom. The summed E-state index contributed by atoms with van der Waals surface area (Å²) < 4.78 is 0. The van der Waals surface area contributed by atoms with E-state index in [2.05, 4.69) is 10.5 Å². The Morgan fingerprint density at radius 3 is 3.00 bits per heavy atom. The van der Waals surface area contributed by atoms with E-state index in [4.69, 9.17) is 4.84 Å². The van der Waals surface area contributed by atoms with Crippen LogP contribution in [0.25, 0.3) is 0 Å². The number of nitrogens with zero attached hydrogens (tertiary/aromatic N) is 1. The fourth-order valence-electron chi connectivity index (χ4n) is 0.907. The van der Waals surface area contributed by atoms with E-state index in [9.17, 15) is 9.90 Å². The van der Waals surface area contributed by atoms with E-state index in [1.54, 1.807) is 0 Å². The largest absolute Gasteiger partial charge is 0.505 e. The van der Waals surface area contributed by atoms with Crippen LogP contribution in [0.5, 0.6) is 5.75 Å². The number of hydrogen-bond acceptors (Lipinski definition) is 4. The van der Waals surface area contributed by atoms with Crippen LogP contribution >= 0.6 is 0 Å². The van der Waals surface area contributed by atoms with Crippen LogP contribution in [0.4, 0.5) is 0 Å². The highest BCUT2D eigenvalue weighted by atomic mass is 16.6. The van der Waals surface area contributed by atoms with Gasteiger partial charge in [0, 0.05) is 6.20 Å². The van der Waals surface area contributed by atoms with Crippen molar-refractivity contribution in [3.8, 4) is 5.75 Å². The minimum absolute atomic E-state index is 0.147. The van der Waals surface area contributed by atoms with Crippen molar-refractivity contribution in [3.05, 3.63) is 24.0 Å². The van der Waals surface area contributed by atoms with Crippen molar-refractivity contribution in [1.82, 2.24) is 10.5 Å². The number of hydroxylamine groups is 1. The monoisotopic (exact) mass is 210 g/mol. The highest BCUT2D eigenvalue weighted by Crippen LogP contribution is 2.13. The first-order valence-electron chi connectivity index (χ1n) is 4.66. The summed E-state index contributed by atoms with van der Waals surface area (Å²) in [6, 6.07) is 1.42. The Labute approximate surface area is 88.0 Å². The molecule has 0 aliphatic heterocycles. The van der Waals surface area contributed by atoms with E-state index < -0.39 is 5.91 Å². The summed E-state index contributed by atoms with van der Waals surface area (Å²) in [5.41, 5.74) is 2.39. The van der Waals surface area contributed by atoms with E-state index in [-0.39, 0.29) is 11.3 Å². The van der Waals surface area contributed by atoms with Gasteiger partial charge in [-0.25, -0.2) is 5.48 Å². The molecule has 5 nitrogen and oxygen atoms in total. The molecule has 1 heterocycles. The van der Waals surface area contributed by atoms with Crippen molar-refractivity contribution in [2.24, 2.45) is 5.92 Å². The van der Waals surface area contributed by atoms with E-state index in [0.717, 1.165) is 0 Å². The maximum absolute atomic E-state index is 11.4. The molecular formula is C10H14N2O3. The normalized spacial score (nSPS) is 10.3. The maximum atomic E-state index is 11.4. The third-order valence-electron chi connectivity index (χ3n) is 1.63. The molecule has 0 atom stereocenters. The number of carbonyl (C=O) groups is 1. The van der Waals surface area contributed by atoms with Gasteiger partial charge in [0.25, 0.3) is 5.91 Å². The summed E-state index contributed by atoms with van der Waals surface area (Å²) >= 11 is 0. The molecule has 0 saturated heterocycles. The highest BCUT2D eigenvalue weighted by Gasteiger charge is 2.10. The summed E-state index contributed by atoms with van der Waals surface area (Å²) in [7, 11) is 0. The smallest absolute Gasteiger partial charge is 0.278 e. The lowest BCUT2D eigenvalue weighted by Crippen LogP contribution is -2.25. The fraction of sp³-hybridized carbons (Fsp3) is 0.400. The lowest BCUT2D eigenvalue weighted by Gasteiger charge is -2.08. The number of amides is 1. The average Bonchev–Trinajstić information content (AvgIpc) is 2.17. The van der Waals surface area contributed by atoms with Crippen LogP contribution in [0, 0.1) is 5.92 Å². The van der Waals surface area contributed by atoms with Gasteiger partial charge in [0.1, 0.15) is 5.75 Å². The molecule has 0 aromatic carbocycles. The third-order valence-corrected chi connectivity index (χ3v) is 1.63. The number of aromatic nitrogens is 1. The summed E-state index contributed by atoms with van der Waals surface area (Å²) in [6.07, 6.45) is 2.63. The molecule has 0 radical (unpaired) electrons. The minimum atomic E-state index is -0.476. The van der Waals surface area contributed by atoms with Crippen LogP contribution in [0.2, 0.25) is 0 Å². The van der Waals surface area contributed by atoms with Gasteiger partial charge in [0.05, 0.1) is 18.4 Å². The van der Waals surface area contributed by atoms with Gasteiger partial charge in [0.2, 0.25) is 0 Å². The Hall–Kier alpha value is -1.62. The topological polar surface area (TPSA) is 71.5 Å². The van der Waals surface area contributed by atoms with E-state index in [0.29, 0.717) is 12.5 Å². The van der Waals surface area contributed by atoms with Crippen molar-refractivity contribution < 1.29 is 14.7 Å². The zero-order valence-corrected chi connectivity index (χ0v) is 8.73. The van der Waals surface area contributed by atoms with Crippen LogP contribution in [0.1, 0.15) is 24.2 Å². The molecule has 15 heavy (non-hydrogen) atoms. The molecular weight excluding hydrogens is 196 g/mol. The number of nitrogens with one attached hydrogen (secondary N) is 1. The predicted octanol–water partition coefficient (Wildman–Crippen LogP) is 1.10. The Balaban J connectivity index is 2.51. The molecule has 82 valence electrons. The number of pyridine rings is 1. The SMILES string of the molecule is CC(C)CONC(=O)c1ccncc1O. The first-order valence-corrected chi connectivity index (χ1v) is 4.66. The number of hydrogen-bond donors (Lipinski definition) is 2. The Bertz CT molecular complexity index is 339. The molecule has 1 amide bonds. The summed E-state index contributed by atoms with van der Waals surface area (Å²) in [5.74, 6) is -0.310.